The molecule has 2 N–H and O–H groups in total. The van der Waals surface area contributed by atoms with Crippen LogP contribution in [-0.2, 0) is 4.79 Å². The normalized spacial score (nSPS) is 19.4. The van der Waals surface area contributed by atoms with Crippen molar-refractivity contribution in [1.29, 1.82) is 0 Å². The molecule has 1 fully saturated rings. The number of anilines is 1. The molecular weight excluding hydrogens is 285 g/mol. The third-order valence-corrected chi connectivity index (χ3v) is 4.40. The predicted molar refractivity (Wildman–Crippen MR) is 80.9 cm³/mol. The van der Waals surface area contributed by atoms with Gasteiger partial charge >= 0.3 is 0 Å². The van der Waals surface area contributed by atoms with Crippen molar-refractivity contribution in [1.82, 2.24) is 10.2 Å². The van der Waals surface area contributed by atoms with Crippen molar-refractivity contribution in [2.24, 2.45) is 0 Å². The van der Waals surface area contributed by atoms with Gasteiger partial charge < -0.3 is 15.5 Å². The van der Waals surface area contributed by atoms with Gasteiger partial charge in [0, 0.05) is 32.4 Å². The average Bonchev–Trinajstić information content (AvgIpc) is 2.47. The van der Waals surface area contributed by atoms with Gasteiger partial charge in [-0.25, -0.2) is 4.39 Å². The Morgan fingerprint density at radius 1 is 1.32 bits per heavy atom. The first kappa shape index (κ1) is 14.8. The number of halogens is 1. The summed E-state index contributed by atoms with van der Waals surface area (Å²) in [5.41, 5.74) is 0.00984. The maximum atomic E-state index is 13.8. The Bertz CT molecular complexity index is 609. The minimum Gasteiger partial charge on any atom is -0.362 e. The second kappa shape index (κ2) is 5.59. The van der Waals surface area contributed by atoms with Crippen LogP contribution in [0.1, 0.15) is 43.0 Å². The van der Waals surface area contributed by atoms with Crippen LogP contribution in [-0.4, -0.2) is 35.5 Å². The number of piperidine rings is 1. The third-order valence-electron chi connectivity index (χ3n) is 4.40. The zero-order valence-electron chi connectivity index (χ0n) is 12.6. The van der Waals surface area contributed by atoms with Gasteiger partial charge in [0.1, 0.15) is 11.5 Å². The number of carbonyl (C=O) groups excluding carboxylic acids is 2. The highest BCUT2D eigenvalue weighted by Crippen LogP contribution is 2.32. The highest BCUT2D eigenvalue weighted by atomic mass is 19.1. The molecule has 2 aliphatic heterocycles. The summed E-state index contributed by atoms with van der Waals surface area (Å²) < 4.78 is 13.8. The van der Waals surface area contributed by atoms with Crippen molar-refractivity contribution >= 4 is 17.5 Å². The summed E-state index contributed by atoms with van der Waals surface area (Å²) in [5.74, 6) is -0.751. The minimum atomic E-state index is -0.582. The molecule has 1 saturated heterocycles. The molecule has 2 aliphatic rings. The van der Waals surface area contributed by atoms with E-state index in [-0.39, 0.29) is 17.4 Å². The third kappa shape index (κ3) is 2.53. The summed E-state index contributed by atoms with van der Waals surface area (Å²) in [6, 6.07) is 4.59. The second-order valence-corrected chi connectivity index (χ2v) is 5.95. The molecule has 0 atom stereocenters. The van der Waals surface area contributed by atoms with E-state index in [0.717, 1.165) is 6.42 Å². The van der Waals surface area contributed by atoms with Gasteiger partial charge in [-0.1, -0.05) is 13.0 Å². The smallest absolute Gasteiger partial charge is 0.258 e. The van der Waals surface area contributed by atoms with Crippen LogP contribution in [0.5, 0.6) is 0 Å². The molecule has 2 amide bonds. The Kier molecular flexibility index (Phi) is 3.76. The first-order valence-electron chi connectivity index (χ1n) is 7.72. The lowest BCUT2D eigenvalue weighted by molar-refractivity contribution is -0.132. The molecule has 118 valence electrons. The highest BCUT2D eigenvalue weighted by Gasteiger charge is 2.41. The number of benzene rings is 1. The van der Waals surface area contributed by atoms with E-state index in [9.17, 15) is 14.0 Å². The molecule has 0 aromatic heterocycles. The van der Waals surface area contributed by atoms with Crippen LogP contribution in [0.25, 0.3) is 0 Å². The molecule has 0 radical (unpaired) electrons. The van der Waals surface area contributed by atoms with Crippen LogP contribution in [0.4, 0.5) is 10.1 Å². The summed E-state index contributed by atoms with van der Waals surface area (Å²) in [6.07, 6.45) is 2.62. The molecule has 5 nitrogen and oxygen atoms in total. The number of carbonyl (C=O) groups is 2. The Balaban J connectivity index is 1.75. The van der Waals surface area contributed by atoms with Crippen molar-refractivity contribution < 1.29 is 14.0 Å². The van der Waals surface area contributed by atoms with Gasteiger partial charge in [0.15, 0.2) is 0 Å². The number of amides is 2. The van der Waals surface area contributed by atoms with Crippen molar-refractivity contribution in [2.45, 2.75) is 38.3 Å². The molecule has 22 heavy (non-hydrogen) atoms. The van der Waals surface area contributed by atoms with E-state index in [4.69, 9.17) is 0 Å². The van der Waals surface area contributed by atoms with Gasteiger partial charge in [0.2, 0.25) is 5.91 Å². The average molecular weight is 305 g/mol. The SMILES string of the molecule is CCCC(=O)N1CCC2(CC1)NC(=O)c1c(F)cccc1N2. The monoisotopic (exact) mass is 305 g/mol. The highest BCUT2D eigenvalue weighted by molar-refractivity contribution is 6.02. The predicted octanol–water partition coefficient (Wildman–Crippen LogP) is 2.10. The van der Waals surface area contributed by atoms with E-state index in [1.165, 1.54) is 6.07 Å². The number of fused-ring (bicyclic) bond motifs is 1. The molecule has 3 rings (SSSR count). The maximum absolute atomic E-state index is 13.8. The van der Waals surface area contributed by atoms with E-state index in [2.05, 4.69) is 10.6 Å². The topological polar surface area (TPSA) is 61.4 Å². The van der Waals surface area contributed by atoms with Gasteiger partial charge in [-0.15, -0.1) is 0 Å². The summed E-state index contributed by atoms with van der Waals surface area (Å²) in [4.78, 5) is 26.0. The maximum Gasteiger partial charge on any atom is 0.258 e. The van der Waals surface area contributed by atoms with E-state index in [1.54, 1.807) is 12.1 Å². The van der Waals surface area contributed by atoms with Crippen molar-refractivity contribution in [3.05, 3.63) is 29.6 Å². The zero-order valence-corrected chi connectivity index (χ0v) is 12.6. The largest absolute Gasteiger partial charge is 0.362 e. The van der Waals surface area contributed by atoms with Crippen LogP contribution in [0.2, 0.25) is 0 Å². The summed E-state index contributed by atoms with van der Waals surface area (Å²) in [7, 11) is 0. The summed E-state index contributed by atoms with van der Waals surface area (Å²) in [5, 5.41) is 6.16. The minimum absolute atomic E-state index is 0.0672. The first-order chi connectivity index (χ1) is 10.5. The van der Waals surface area contributed by atoms with E-state index >= 15 is 0 Å². The van der Waals surface area contributed by atoms with Gasteiger partial charge in [0.05, 0.1) is 11.3 Å². The van der Waals surface area contributed by atoms with Crippen LogP contribution >= 0.6 is 0 Å². The second-order valence-electron chi connectivity index (χ2n) is 5.95. The fraction of sp³-hybridized carbons (Fsp3) is 0.500. The molecule has 0 bridgehead atoms. The molecule has 2 heterocycles. The molecular formula is C16H20FN3O2. The van der Waals surface area contributed by atoms with Crippen LogP contribution in [0.3, 0.4) is 0 Å². The Morgan fingerprint density at radius 3 is 2.73 bits per heavy atom. The summed E-state index contributed by atoms with van der Waals surface area (Å²) in [6.45, 7) is 3.17. The van der Waals surface area contributed by atoms with E-state index < -0.39 is 11.5 Å². The molecule has 0 saturated carbocycles. The lowest BCUT2D eigenvalue weighted by Crippen LogP contribution is -2.62. The number of likely N-dealkylation sites (tertiary alicyclic amines) is 1. The molecule has 1 spiro atoms. The van der Waals surface area contributed by atoms with E-state index in [1.807, 2.05) is 11.8 Å². The van der Waals surface area contributed by atoms with Crippen molar-refractivity contribution in [3.8, 4) is 0 Å². The first-order valence-corrected chi connectivity index (χ1v) is 7.72. The van der Waals surface area contributed by atoms with Crippen molar-refractivity contribution in [3.63, 3.8) is 0 Å². The van der Waals surface area contributed by atoms with Crippen molar-refractivity contribution in [2.75, 3.05) is 18.4 Å². The standard InChI is InChI=1S/C16H20FN3O2/c1-2-4-13(21)20-9-7-16(8-10-20)18-12-6-3-5-11(17)14(12)15(22)19-16/h3,5-6,18H,2,4,7-10H2,1H3,(H,19,22). The molecule has 1 aromatic carbocycles. The van der Waals surface area contributed by atoms with Crippen LogP contribution < -0.4 is 10.6 Å². The lowest BCUT2D eigenvalue weighted by Gasteiger charge is -2.45. The fourth-order valence-electron chi connectivity index (χ4n) is 3.19. The Morgan fingerprint density at radius 2 is 2.05 bits per heavy atom. The number of nitrogens with one attached hydrogen (secondary N) is 2. The van der Waals surface area contributed by atoms with Gasteiger partial charge in [0.25, 0.3) is 5.91 Å². The molecule has 6 heteroatoms. The zero-order chi connectivity index (χ0) is 15.7. The van der Waals surface area contributed by atoms with Gasteiger partial charge in [-0.05, 0) is 18.6 Å². The van der Waals surface area contributed by atoms with Crippen LogP contribution in [0.15, 0.2) is 18.2 Å². The van der Waals surface area contributed by atoms with Crippen LogP contribution in [0, 0.1) is 5.82 Å². The number of nitrogens with zero attached hydrogens (tertiary/aromatic N) is 1. The van der Waals surface area contributed by atoms with Gasteiger partial charge in [-0.3, -0.25) is 9.59 Å². The number of hydrogen-bond donors (Lipinski definition) is 2. The molecule has 0 aliphatic carbocycles. The summed E-state index contributed by atoms with van der Waals surface area (Å²) >= 11 is 0. The Labute approximate surface area is 128 Å². The quantitative estimate of drug-likeness (QED) is 0.879. The molecule has 1 aromatic rings. The molecule has 0 unspecified atom stereocenters. The lowest BCUT2D eigenvalue weighted by atomic mass is 9.92. The number of hydrogen-bond acceptors (Lipinski definition) is 3. The van der Waals surface area contributed by atoms with Gasteiger partial charge in [-0.2, -0.15) is 0 Å². The Hall–Kier alpha value is -2.11. The van der Waals surface area contributed by atoms with E-state index in [0.29, 0.717) is 38.0 Å². The fourth-order valence-corrected chi connectivity index (χ4v) is 3.19. The number of rotatable bonds is 2.